The van der Waals surface area contributed by atoms with Crippen molar-refractivity contribution in [1.82, 2.24) is 38.2 Å². The van der Waals surface area contributed by atoms with E-state index in [0.717, 1.165) is 69.0 Å². The standard InChI is InChI=1S/C44H52ClN9O7S/c1-26-20-32(10-11-34(26)47-43-46-23-29-21-33(45)42(57)53(40(29)49-43)30-6-4-5-7-30)62(59,60)52-18-16-27(17-19-52)24-50(2)31-9-14-38(61-25-31)28-8-12-35-37(22-28)51(3)44(58)54(35)36-13-15-39(55)48-41(36)56/h8,10-12,20-23,27,30-31,36,38H,4-7,9,13-19,24-25H2,1-3H3,(H,46,47,49)(H,48,55,56)/t31-,36?,38-/m1/s1. The van der Waals surface area contributed by atoms with Gasteiger partial charge in [0.15, 0.2) is 0 Å². The predicted octanol–water partition coefficient (Wildman–Crippen LogP) is 5.50. The van der Waals surface area contributed by atoms with E-state index in [1.165, 1.54) is 4.57 Å². The number of aryl methyl sites for hydroxylation is 2. The second-order valence-electron chi connectivity index (χ2n) is 17.4. The zero-order valence-corrected chi connectivity index (χ0v) is 36.8. The Labute approximate surface area is 364 Å². The van der Waals surface area contributed by atoms with Crippen LogP contribution in [0.3, 0.4) is 0 Å². The molecule has 3 aliphatic heterocycles. The molecule has 0 radical (unpaired) electrons. The van der Waals surface area contributed by atoms with E-state index in [1.54, 1.807) is 50.9 Å². The molecule has 0 bridgehead atoms. The number of halogens is 1. The van der Waals surface area contributed by atoms with Crippen LogP contribution in [0.4, 0.5) is 11.6 Å². The Morgan fingerprint density at radius 2 is 1.71 bits per heavy atom. The summed E-state index contributed by atoms with van der Waals surface area (Å²) in [6.07, 6.45) is 9.12. The molecule has 1 unspecified atom stereocenters. The number of pyridine rings is 1. The minimum absolute atomic E-state index is 0.0379. The minimum atomic E-state index is -3.72. The number of aromatic nitrogens is 5. The van der Waals surface area contributed by atoms with Crippen molar-refractivity contribution >= 4 is 67.1 Å². The number of nitrogens with one attached hydrogen (secondary N) is 2. The highest BCUT2D eigenvalue weighted by Gasteiger charge is 2.34. The second-order valence-corrected chi connectivity index (χ2v) is 19.8. The molecule has 4 aliphatic rings. The minimum Gasteiger partial charge on any atom is -0.372 e. The maximum absolute atomic E-state index is 13.9. The number of carbonyl (C=O) groups excluding carboxylic acids is 2. The van der Waals surface area contributed by atoms with Crippen LogP contribution in [-0.2, 0) is 31.4 Å². The van der Waals surface area contributed by atoms with Crippen LogP contribution in [0.5, 0.6) is 0 Å². The smallest absolute Gasteiger partial charge is 0.329 e. The van der Waals surface area contributed by atoms with Gasteiger partial charge in [-0.3, -0.25) is 33.4 Å². The van der Waals surface area contributed by atoms with Gasteiger partial charge in [0.25, 0.3) is 5.56 Å². The molecule has 2 aromatic carbocycles. The molecule has 3 saturated heterocycles. The number of rotatable bonds is 10. The fourth-order valence-electron chi connectivity index (χ4n) is 9.90. The molecule has 3 aromatic heterocycles. The fourth-order valence-corrected chi connectivity index (χ4v) is 11.7. The lowest BCUT2D eigenvalue weighted by Crippen LogP contribution is -2.45. The predicted molar refractivity (Wildman–Crippen MR) is 235 cm³/mol. The van der Waals surface area contributed by atoms with Crippen molar-refractivity contribution in [2.75, 3.05) is 38.6 Å². The van der Waals surface area contributed by atoms with E-state index in [4.69, 9.17) is 21.3 Å². The normalized spacial score (nSPS) is 22.2. The first kappa shape index (κ1) is 42.4. The largest absolute Gasteiger partial charge is 0.372 e. The average molecular weight is 886 g/mol. The number of imide groups is 1. The van der Waals surface area contributed by atoms with E-state index in [2.05, 4.69) is 27.6 Å². The van der Waals surface area contributed by atoms with E-state index >= 15 is 0 Å². The number of benzene rings is 2. The summed E-state index contributed by atoms with van der Waals surface area (Å²) in [6, 6.07) is 12.0. The fraction of sp³-hybridized carbons (Fsp3) is 0.500. The SMILES string of the molecule is Cc1cc(S(=O)(=O)N2CCC(CN(C)[C@@H]3CC[C@H](c4ccc5c(c4)n(C)c(=O)n5C4CCC(=O)NC4=O)OC3)CC2)ccc1Nc1ncc2cc(Cl)c(=O)n(C3CCCC3)c2n1. The van der Waals surface area contributed by atoms with Crippen molar-refractivity contribution in [2.45, 2.75) is 100 Å². The number of hydrogen-bond donors (Lipinski definition) is 2. The number of sulfonamides is 1. The van der Waals surface area contributed by atoms with E-state index < -0.39 is 22.0 Å². The van der Waals surface area contributed by atoms with Gasteiger partial charge < -0.3 is 15.0 Å². The number of nitrogens with zero attached hydrogens (tertiary/aromatic N) is 7. The Morgan fingerprint density at radius 1 is 0.935 bits per heavy atom. The summed E-state index contributed by atoms with van der Waals surface area (Å²) in [5.74, 6) is -0.124. The maximum Gasteiger partial charge on any atom is 0.329 e. The lowest BCUT2D eigenvalue weighted by Gasteiger charge is -2.38. The number of imidazole rings is 1. The molecule has 6 heterocycles. The number of likely N-dealkylation sites (N-methyl/N-ethyl adjacent to an activating group) is 1. The number of ether oxygens (including phenoxy) is 1. The third-order valence-electron chi connectivity index (χ3n) is 13.5. The van der Waals surface area contributed by atoms with Gasteiger partial charge in [-0.1, -0.05) is 30.5 Å². The Kier molecular flexibility index (Phi) is 11.6. The molecular weight excluding hydrogens is 834 g/mol. The summed E-state index contributed by atoms with van der Waals surface area (Å²) in [5.41, 5.74) is 3.71. The lowest BCUT2D eigenvalue weighted by atomic mass is 9.94. The molecule has 0 spiro atoms. The summed E-state index contributed by atoms with van der Waals surface area (Å²) in [5, 5.41) is 6.42. The van der Waals surface area contributed by atoms with Gasteiger partial charge in [0, 0.05) is 62.5 Å². The van der Waals surface area contributed by atoms with Gasteiger partial charge in [-0.05, 0) is 112 Å². The van der Waals surface area contributed by atoms with Crippen LogP contribution < -0.4 is 21.9 Å². The van der Waals surface area contributed by atoms with Crippen molar-refractivity contribution < 1.29 is 22.7 Å². The molecule has 1 aliphatic carbocycles. The summed E-state index contributed by atoms with van der Waals surface area (Å²) in [6.45, 7) is 4.13. The van der Waals surface area contributed by atoms with Crippen molar-refractivity contribution in [3.05, 3.63) is 85.6 Å². The number of carbonyl (C=O) groups is 2. The highest BCUT2D eigenvalue weighted by Crippen LogP contribution is 2.35. The van der Waals surface area contributed by atoms with Crippen LogP contribution in [0.1, 0.15) is 93.5 Å². The highest BCUT2D eigenvalue weighted by molar-refractivity contribution is 7.89. The molecular formula is C44H52ClN9O7S. The quantitative estimate of drug-likeness (QED) is 0.169. The first-order chi connectivity index (χ1) is 29.8. The van der Waals surface area contributed by atoms with Crippen LogP contribution in [0.15, 0.2) is 63.1 Å². The second kappa shape index (κ2) is 17.0. The van der Waals surface area contributed by atoms with Crippen LogP contribution >= 0.6 is 11.6 Å². The molecule has 2 N–H and O–H groups in total. The third-order valence-corrected chi connectivity index (χ3v) is 15.7. The molecule has 9 rings (SSSR count). The van der Waals surface area contributed by atoms with E-state index in [-0.39, 0.29) is 58.1 Å². The number of hydrogen-bond acceptors (Lipinski definition) is 11. The Hall–Kier alpha value is -4.94. The Bertz CT molecular complexity index is 2800. The van der Waals surface area contributed by atoms with Gasteiger partial charge in [-0.25, -0.2) is 18.2 Å². The van der Waals surface area contributed by atoms with E-state index in [9.17, 15) is 27.6 Å². The van der Waals surface area contributed by atoms with E-state index in [0.29, 0.717) is 59.3 Å². The first-order valence-corrected chi connectivity index (χ1v) is 23.4. The van der Waals surface area contributed by atoms with Crippen LogP contribution in [0, 0.1) is 12.8 Å². The van der Waals surface area contributed by atoms with Crippen LogP contribution in [0.2, 0.25) is 5.02 Å². The number of piperidine rings is 2. The first-order valence-electron chi connectivity index (χ1n) is 21.6. The monoisotopic (exact) mass is 885 g/mol. The van der Waals surface area contributed by atoms with Crippen molar-refractivity contribution in [2.24, 2.45) is 13.0 Å². The third kappa shape index (κ3) is 7.97. The topological polar surface area (TPSA) is 183 Å². The lowest BCUT2D eigenvalue weighted by molar-refractivity contribution is -0.135. The highest BCUT2D eigenvalue weighted by atomic mass is 35.5. The zero-order valence-electron chi connectivity index (χ0n) is 35.2. The van der Waals surface area contributed by atoms with Gasteiger partial charge in [0.05, 0.1) is 28.6 Å². The molecule has 4 fully saturated rings. The summed E-state index contributed by atoms with van der Waals surface area (Å²) >= 11 is 6.30. The van der Waals surface area contributed by atoms with Gasteiger partial charge in [-0.15, -0.1) is 0 Å². The summed E-state index contributed by atoms with van der Waals surface area (Å²) in [4.78, 5) is 62.4. The number of fused-ring (bicyclic) bond motifs is 2. The number of anilines is 2. The van der Waals surface area contributed by atoms with Crippen molar-refractivity contribution in [3.8, 4) is 0 Å². The van der Waals surface area contributed by atoms with Crippen molar-refractivity contribution in [3.63, 3.8) is 0 Å². The van der Waals surface area contributed by atoms with Gasteiger partial charge >= 0.3 is 5.69 Å². The summed E-state index contributed by atoms with van der Waals surface area (Å²) < 4.78 is 40.5. The average Bonchev–Trinajstić information content (AvgIpc) is 3.88. The van der Waals surface area contributed by atoms with Crippen molar-refractivity contribution in [1.29, 1.82) is 0 Å². The Morgan fingerprint density at radius 3 is 2.42 bits per heavy atom. The molecule has 16 nitrogen and oxygen atoms in total. The molecule has 18 heteroatoms. The molecule has 1 saturated carbocycles. The number of amides is 2. The molecule has 328 valence electrons. The van der Waals surface area contributed by atoms with Crippen LogP contribution in [0.25, 0.3) is 22.1 Å². The van der Waals surface area contributed by atoms with E-state index in [1.807, 2.05) is 25.1 Å². The summed E-state index contributed by atoms with van der Waals surface area (Å²) in [7, 11) is 0.0869. The van der Waals surface area contributed by atoms with Crippen LogP contribution in [-0.4, -0.2) is 92.4 Å². The molecule has 62 heavy (non-hydrogen) atoms. The maximum atomic E-state index is 13.9. The van der Waals surface area contributed by atoms with Gasteiger partial charge in [-0.2, -0.15) is 9.29 Å². The van der Waals surface area contributed by atoms with Gasteiger partial charge in [0.1, 0.15) is 16.7 Å². The molecule has 5 aromatic rings. The molecule has 3 atom stereocenters. The Balaban J connectivity index is 0.785. The zero-order chi connectivity index (χ0) is 43.4. The molecule has 2 amide bonds. The van der Waals surface area contributed by atoms with Gasteiger partial charge in [0.2, 0.25) is 27.8 Å².